The van der Waals surface area contributed by atoms with Gasteiger partial charge in [0.2, 0.25) is 5.95 Å². The van der Waals surface area contributed by atoms with Crippen LogP contribution in [0.5, 0.6) is 0 Å². The molecule has 8 nitrogen and oxygen atoms in total. The number of nitrogens with one attached hydrogen (secondary N) is 3. The van der Waals surface area contributed by atoms with E-state index in [0.29, 0.717) is 11.8 Å². The van der Waals surface area contributed by atoms with Crippen LogP contribution < -0.4 is 10.6 Å². The number of anilines is 4. The van der Waals surface area contributed by atoms with Crippen molar-refractivity contribution in [3.8, 4) is 0 Å². The summed E-state index contributed by atoms with van der Waals surface area (Å²) in [6.07, 6.45) is 1.66. The second-order valence-corrected chi connectivity index (χ2v) is 6.35. The summed E-state index contributed by atoms with van der Waals surface area (Å²) >= 11 is 0. The number of aliphatic carboxylic acids is 1. The monoisotopic (exact) mass is 374 g/mol. The second kappa shape index (κ2) is 7.36. The number of nitrogens with zero attached hydrogens (tertiary/aromatic N) is 3. The van der Waals surface area contributed by atoms with Gasteiger partial charge in [-0.2, -0.15) is 10.1 Å². The van der Waals surface area contributed by atoms with Crippen molar-refractivity contribution in [1.29, 1.82) is 0 Å². The Kier molecular flexibility index (Phi) is 4.59. The molecule has 140 valence electrons. The zero-order valence-corrected chi connectivity index (χ0v) is 15.1. The molecule has 0 aliphatic carbocycles. The first kappa shape index (κ1) is 17.5. The molecule has 0 atom stereocenters. The van der Waals surface area contributed by atoms with Crippen LogP contribution in [0.3, 0.4) is 0 Å². The van der Waals surface area contributed by atoms with E-state index in [2.05, 4.69) is 30.8 Å². The number of hydrogen-bond donors (Lipinski definition) is 4. The first-order valence-electron chi connectivity index (χ1n) is 8.70. The Balaban J connectivity index is 1.67. The van der Waals surface area contributed by atoms with Crippen molar-refractivity contribution >= 4 is 40.1 Å². The van der Waals surface area contributed by atoms with Crippen LogP contribution in [0.1, 0.15) is 11.1 Å². The number of carboxylic acid groups (broad SMARTS) is 1. The molecule has 0 saturated carbocycles. The Morgan fingerprint density at radius 1 is 1.11 bits per heavy atom. The summed E-state index contributed by atoms with van der Waals surface area (Å²) in [5, 5.41) is 23.1. The Morgan fingerprint density at radius 3 is 2.71 bits per heavy atom. The van der Waals surface area contributed by atoms with E-state index in [0.717, 1.165) is 33.5 Å². The molecule has 4 N–H and O–H groups in total. The molecule has 0 spiro atoms. The van der Waals surface area contributed by atoms with Gasteiger partial charge in [0, 0.05) is 17.1 Å². The lowest BCUT2D eigenvalue weighted by atomic mass is 10.1. The first-order valence-corrected chi connectivity index (χ1v) is 8.70. The van der Waals surface area contributed by atoms with Gasteiger partial charge >= 0.3 is 5.97 Å². The predicted octanol–water partition coefficient (Wildman–Crippen LogP) is 3.78. The van der Waals surface area contributed by atoms with E-state index in [1.54, 1.807) is 12.3 Å². The number of aromatic amines is 1. The summed E-state index contributed by atoms with van der Waals surface area (Å²) in [7, 11) is 0. The lowest BCUT2D eigenvalue weighted by Gasteiger charge is -2.12. The van der Waals surface area contributed by atoms with Gasteiger partial charge in [0.25, 0.3) is 0 Å². The third-order valence-electron chi connectivity index (χ3n) is 4.30. The summed E-state index contributed by atoms with van der Waals surface area (Å²) in [4.78, 5) is 20.1. The van der Waals surface area contributed by atoms with Crippen molar-refractivity contribution in [3.05, 3.63) is 65.9 Å². The second-order valence-electron chi connectivity index (χ2n) is 6.35. The van der Waals surface area contributed by atoms with Crippen molar-refractivity contribution in [2.75, 3.05) is 10.6 Å². The molecule has 28 heavy (non-hydrogen) atoms. The number of aromatic nitrogens is 4. The van der Waals surface area contributed by atoms with Gasteiger partial charge in [-0.1, -0.05) is 18.2 Å². The van der Waals surface area contributed by atoms with Crippen molar-refractivity contribution in [2.45, 2.75) is 13.3 Å². The van der Waals surface area contributed by atoms with E-state index in [1.807, 2.05) is 49.4 Å². The van der Waals surface area contributed by atoms with E-state index >= 15 is 0 Å². The smallest absolute Gasteiger partial charge is 0.307 e. The fourth-order valence-electron chi connectivity index (χ4n) is 2.94. The Labute approximate surface area is 160 Å². The molecule has 4 rings (SSSR count). The fourth-order valence-corrected chi connectivity index (χ4v) is 2.94. The van der Waals surface area contributed by atoms with Crippen LogP contribution in [0.15, 0.2) is 54.7 Å². The van der Waals surface area contributed by atoms with Gasteiger partial charge < -0.3 is 15.7 Å². The van der Waals surface area contributed by atoms with Crippen molar-refractivity contribution in [1.82, 2.24) is 20.2 Å². The summed E-state index contributed by atoms with van der Waals surface area (Å²) < 4.78 is 0. The molecule has 8 heteroatoms. The Bertz CT molecular complexity index is 1140. The number of fused-ring (bicyclic) bond motifs is 1. The highest BCUT2D eigenvalue weighted by atomic mass is 16.4. The number of aryl methyl sites for hydroxylation is 1. The van der Waals surface area contributed by atoms with Gasteiger partial charge in [-0.25, -0.2) is 4.98 Å². The van der Waals surface area contributed by atoms with Crippen LogP contribution >= 0.6 is 0 Å². The van der Waals surface area contributed by atoms with Gasteiger partial charge in [-0.3, -0.25) is 9.89 Å². The van der Waals surface area contributed by atoms with E-state index in [-0.39, 0.29) is 6.42 Å². The minimum Gasteiger partial charge on any atom is -0.481 e. The molecule has 0 amide bonds. The molecule has 0 saturated heterocycles. The maximum Gasteiger partial charge on any atom is 0.307 e. The van der Waals surface area contributed by atoms with E-state index in [9.17, 15) is 4.79 Å². The molecule has 0 aliphatic rings. The minimum absolute atomic E-state index is 0.00314. The van der Waals surface area contributed by atoms with Gasteiger partial charge in [0.05, 0.1) is 18.1 Å². The summed E-state index contributed by atoms with van der Waals surface area (Å²) in [6.45, 7) is 1.88. The highest BCUT2D eigenvalue weighted by molar-refractivity contribution is 5.91. The number of carbonyl (C=O) groups is 1. The summed E-state index contributed by atoms with van der Waals surface area (Å²) in [5.41, 5.74) is 3.25. The SMILES string of the molecule is Cc1cc(Nc2nc(Nc3ccn[nH]3)c3ccccc3n2)ccc1CC(=O)O. The van der Waals surface area contributed by atoms with Crippen LogP contribution in [-0.4, -0.2) is 31.2 Å². The molecule has 2 aromatic carbocycles. The highest BCUT2D eigenvalue weighted by Gasteiger charge is 2.10. The number of H-pyrrole nitrogens is 1. The summed E-state index contributed by atoms with van der Waals surface area (Å²) in [5.74, 6) is 0.961. The van der Waals surface area contributed by atoms with Crippen molar-refractivity contribution in [2.24, 2.45) is 0 Å². The van der Waals surface area contributed by atoms with Crippen molar-refractivity contribution < 1.29 is 9.90 Å². The van der Waals surface area contributed by atoms with Crippen LogP contribution in [0, 0.1) is 6.92 Å². The lowest BCUT2D eigenvalue weighted by molar-refractivity contribution is -0.136. The lowest BCUT2D eigenvalue weighted by Crippen LogP contribution is -2.04. The molecular formula is C20H18N6O2. The van der Waals surface area contributed by atoms with Crippen molar-refractivity contribution in [3.63, 3.8) is 0 Å². The van der Waals surface area contributed by atoms with Gasteiger partial charge in [-0.05, 0) is 42.3 Å². The summed E-state index contributed by atoms with van der Waals surface area (Å²) in [6, 6.07) is 15.0. The van der Waals surface area contributed by atoms with Gasteiger partial charge in [0.15, 0.2) is 0 Å². The average Bonchev–Trinajstić information content (AvgIpc) is 3.17. The third-order valence-corrected chi connectivity index (χ3v) is 4.30. The Hall–Kier alpha value is -3.94. The minimum atomic E-state index is -0.851. The predicted molar refractivity (Wildman–Crippen MR) is 107 cm³/mol. The number of para-hydroxylation sites is 1. The van der Waals surface area contributed by atoms with E-state index in [4.69, 9.17) is 5.11 Å². The average molecular weight is 374 g/mol. The molecule has 4 aromatic rings. The van der Waals surface area contributed by atoms with Crippen LogP contribution in [-0.2, 0) is 11.2 Å². The van der Waals surface area contributed by atoms with E-state index in [1.165, 1.54) is 0 Å². The molecule has 0 bridgehead atoms. The zero-order chi connectivity index (χ0) is 19.5. The quantitative estimate of drug-likeness (QED) is 0.406. The Morgan fingerprint density at radius 2 is 1.96 bits per heavy atom. The molecule has 0 radical (unpaired) electrons. The van der Waals surface area contributed by atoms with Crippen LogP contribution in [0.2, 0.25) is 0 Å². The number of benzene rings is 2. The largest absolute Gasteiger partial charge is 0.481 e. The van der Waals surface area contributed by atoms with Gasteiger partial charge in [0.1, 0.15) is 11.6 Å². The molecule has 2 aromatic heterocycles. The molecule has 0 unspecified atom stereocenters. The first-order chi connectivity index (χ1) is 13.6. The molecule has 2 heterocycles. The van der Waals surface area contributed by atoms with Crippen LogP contribution in [0.25, 0.3) is 10.9 Å². The third kappa shape index (κ3) is 3.75. The molecular weight excluding hydrogens is 356 g/mol. The standard InChI is InChI=1S/C20H18N6O2/c1-12-10-14(7-6-13(12)11-18(27)28)22-20-23-16-5-3-2-4-15(16)19(25-20)24-17-8-9-21-26-17/h2-10H,11H2,1H3,(H,27,28)(H3,21,22,23,24,25,26). The highest BCUT2D eigenvalue weighted by Crippen LogP contribution is 2.26. The zero-order valence-electron chi connectivity index (χ0n) is 15.1. The maximum atomic E-state index is 10.9. The van der Waals surface area contributed by atoms with Crippen LogP contribution in [0.4, 0.5) is 23.3 Å². The topological polar surface area (TPSA) is 116 Å². The van der Waals surface area contributed by atoms with Gasteiger partial charge in [-0.15, -0.1) is 0 Å². The number of hydrogen-bond acceptors (Lipinski definition) is 6. The number of rotatable bonds is 6. The van der Waals surface area contributed by atoms with E-state index < -0.39 is 5.97 Å². The normalized spacial score (nSPS) is 10.8. The number of carboxylic acids is 1. The maximum absolute atomic E-state index is 10.9. The molecule has 0 fully saturated rings. The molecule has 0 aliphatic heterocycles. The fraction of sp³-hybridized carbons (Fsp3) is 0.100.